The molecular weight excluding hydrogens is 899 g/mol. The summed E-state index contributed by atoms with van der Waals surface area (Å²) in [5.41, 5.74) is 3.41. The smallest absolute Gasteiger partial charge is 0.253 e. The third-order valence-electron chi connectivity index (χ3n) is 16.8. The average Bonchev–Trinajstić information content (AvgIpc) is 3.98. The first-order chi connectivity index (χ1) is 35.0. The number of nitrogens with one attached hydrogen (secondary N) is 3. The molecule has 386 valence electrons. The summed E-state index contributed by atoms with van der Waals surface area (Å²) in [7, 11) is 3.65. The summed E-state index contributed by atoms with van der Waals surface area (Å²) in [4.78, 5) is 79.7. The van der Waals surface area contributed by atoms with Crippen LogP contribution < -0.4 is 16.0 Å². The molecule has 4 aliphatic rings. The van der Waals surface area contributed by atoms with Gasteiger partial charge in [-0.25, -0.2) is 0 Å². The highest BCUT2D eigenvalue weighted by Gasteiger charge is 2.43. The van der Waals surface area contributed by atoms with E-state index in [1.54, 1.807) is 7.05 Å². The molecule has 0 radical (unpaired) electrons. The number of rotatable bonds is 20. The van der Waals surface area contributed by atoms with Crippen LogP contribution in [0.4, 0.5) is 0 Å². The van der Waals surface area contributed by atoms with E-state index in [-0.39, 0.29) is 72.0 Å². The molecule has 2 heterocycles. The Morgan fingerprint density at radius 2 is 0.986 bits per heavy atom. The van der Waals surface area contributed by atoms with Crippen LogP contribution in [0.2, 0.25) is 0 Å². The Morgan fingerprint density at radius 3 is 1.42 bits per heavy atom. The lowest BCUT2D eigenvalue weighted by atomic mass is 9.83. The second-order valence-electron chi connectivity index (χ2n) is 21.6. The minimum Gasteiger partial charge on any atom is -0.343 e. The summed E-state index contributed by atoms with van der Waals surface area (Å²) in [6.07, 6.45) is 13.9. The first-order valence-corrected chi connectivity index (χ1v) is 27.4. The zero-order valence-corrected chi connectivity index (χ0v) is 43.5. The summed E-state index contributed by atoms with van der Waals surface area (Å²) < 4.78 is 0. The molecule has 12 nitrogen and oxygen atoms in total. The third kappa shape index (κ3) is 13.0. The summed E-state index contributed by atoms with van der Waals surface area (Å²) in [5, 5.41) is 11.2. The Bertz CT molecular complexity index is 2440. The molecule has 2 aliphatic heterocycles. The second kappa shape index (κ2) is 25.4. The molecule has 2 saturated carbocycles. The van der Waals surface area contributed by atoms with Crippen LogP contribution in [-0.2, 0) is 27.2 Å². The Balaban J connectivity index is 1.03. The standard InChI is InChI=1S/C60H81N7O5/c1-42-29-35-66(59(71)55(62-4)46-21-13-7-14-22-46)52(42)40-64(33-31-44-17-9-5-10-18-44)57(69)50-27-25-49-38-51(28-26-48(49)37-50)58(70)65(34-32-45-19-11-6-12-20-45)41-53-43(2)30-36-67(53)60(72)56(63-54(68)39-61-3)47-23-15-8-16-24-47/h5-6,9-12,17-20,25-28,37-38,42-43,46-47,52-53,55-56,61-62H,7-8,13-16,21-24,29-36,39-41H2,1-4H3,(H,63,68)/t42-,43-,52?,53?,55?,56?/m0/s1. The highest BCUT2D eigenvalue weighted by Crippen LogP contribution is 2.34. The van der Waals surface area contributed by atoms with Crippen molar-refractivity contribution in [2.24, 2.45) is 23.7 Å². The van der Waals surface area contributed by atoms with Crippen LogP contribution in [0, 0.1) is 23.7 Å². The van der Waals surface area contributed by atoms with Gasteiger partial charge in [-0.05, 0) is 135 Å². The van der Waals surface area contributed by atoms with Gasteiger partial charge < -0.3 is 35.6 Å². The van der Waals surface area contributed by atoms with Crippen molar-refractivity contribution in [3.8, 4) is 0 Å². The predicted molar refractivity (Wildman–Crippen MR) is 286 cm³/mol. The lowest BCUT2D eigenvalue weighted by molar-refractivity contribution is -0.139. The summed E-state index contributed by atoms with van der Waals surface area (Å²) in [6, 6.07) is 30.9. The number of hydrogen-bond acceptors (Lipinski definition) is 7. The van der Waals surface area contributed by atoms with Crippen LogP contribution in [0.1, 0.15) is 123 Å². The van der Waals surface area contributed by atoms with Crippen molar-refractivity contribution in [1.29, 1.82) is 0 Å². The lowest BCUT2D eigenvalue weighted by Crippen LogP contribution is -2.57. The van der Waals surface area contributed by atoms with E-state index >= 15 is 0 Å². The van der Waals surface area contributed by atoms with Gasteiger partial charge in [-0.3, -0.25) is 24.0 Å². The van der Waals surface area contributed by atoms with Crippen LogP contribution in [0.3, 0.4) is 0 Å². The van der Waals surface area contributed by atoms with Gasteiger partial charge in [0.25, 0.3) is 11.8 Å². The first kappa shape index (κ1) is 52.7. The van der Waals surface area contributed by atoms with Crippen molar-refractivity contribution in [2.45, 2.75) is 128 Å². The van der Waals surface area contributed by atoms with Crippen molar-refractivity contribution in [1.82, 2.24) is 35.6 Å². The quantitative estimate of drug-likeness (QED) is 0.0815. The molecule has 0 bridgehead atoms. The zero-order valence-electron chi connectivity index (χ0n) is 43.5. The molecular formula is C60H81N7O5. The Morgan fingerprint density at radius 1 is 0.556 bits per heavy atom. The van der Waals surface area contributed by atoms with Crippen molar-refractivity contribution >= 4 is 40.3 Å². The molecule has 12 heteroatoms. The number of fused-ring (bicyclic) bond motifs is 1. The molecule has 8 rings (SSSR count). The van der Waals surface area contributed by atoms with Crippen LogP contribution in [0.25, 0.3) is 10.8 Å². The third-order valence-corrected chi connectivity index (χ3v) is 16.8. The monoisotopic (exact) mass is 980 g/mol. The topological polar surface area (TPSA) is 134 Å². The number of carbonyl (C=O) groups is 5. The SMILES string of the molecule is CNCC(=O)NC(C(=O)N1CC[C@H](C)C1CN(CCc1ccccc1)C(=O)c1ccc2cc(C(=O)N(CCc3ccccc3)CC3[C@@H](C)CCN3C(=O)C(NC)C3CCCCC3)ccc2c1)C1CCCCC1. The van der Waals surface area contributed by atoms with Crippen LogP contribution >= 0.6 is 0 Å². The number of likely N-dealkylation sites (tertiary alicyclic amines) is 2. The maximum atomic E-state index is 14.9. The van der Waals surface area contributed by atoms with Gasteiger partial charge in [0.1, 0.15) is 6.04 Å². The zero-order chi connectivity index (χ0) is 50.6. The first-order valence-electron chi connectivity index (χ1n) is 27.4. The number of nitrogens with zero attached hydrogens (tertiary/aromatic N) is 4. The molecule has 4 unspecified atom stereocenters. The largest absolute Gasteiger partial charge is 0.343 e. The van der Waals surface area contributed by atoms with E-state index in [2.05, 4.69) is 59.0 Å². The number of carbonyl (C=O) groups excluding carboxylic acids is 5. The van der Waals surface area contributed by atoms with Crippen molar-refractivity contribution in [2.75, 3.05) is 59.9 Å². The molecule has 0 aromatic heterocycles. The number of amides is 5. The average molecular weight is 980 g/mol. The maximum Gasteiger partial charge on any atom is 0.253 e. The number of benzene rings is 4. The fraction of sp³-hybridized carbons (Fsp3) is 0.550. The van der Waals surface area contributed by atoms with E-state index in [0.717, 1.165) is 79.7 Å². The van der Waals surface area contributed by atoms with Crippen LogP contribution in [0.15, 0.2) is 97.1 Å². The summed E-state index contributed by atoms with van der Waals surface area (Å²) in [6.45, 7) is 7.65. The molecule has 4 aromatic carbocycles. The fourth-order valence-corrected chi connectivity index (χ4v) is 12.4. The van der Waals surface area contributed by atoms with E-state index in [9.17, 15) is 24.0 Å². The minimum absolute atomic E-state index is 0.0356. The van der Waals surface area contributed by atoms with E-state index in [0.29, 0.717) is 69.2 Å². The molecule has 6 atom stereocenters. The lowest BCUT2D eigenvalue weighted by Gasteiger charge is -2.37. The normalized spacial score (nSPS) is 21.6. The molecule has 2 aliphatic carbocycles. The molecule has 3 N–H and O–H groups in total. The van der Waals surface area contributed by atoms with Gasteiger partial charge in [-0.1, -0.05) is 125 Å². The highest BCUT2D eigenvalue weighted by molar-refractivity contribution is 6.02. The van der Waals surface area contributed by atoms with Gasteiger partial charge in [-0.2, -0.15) is 0 Å². The number of likely N-dealkylation sites (N-methyl/N-ethyl adjacent to an activating group) is 2. The Hall–Kier alpha value is -5.59. The molecule has 72 heavy (non-hydrogen) atoms. The minimum atomic E-state index is -0.590. The summed E-state index contributed by atoms with van der Waals surface area (Å²) >= 11 is 0. The summed E-state index contributed by atoms with van der Waals surface area (Å²) in [5.74, 6) is 0.613. The molecule has 4 aromatic rings. The van der Waals surface area contributed by atoms with E-state index in [4.69, 9.17) is 0 Å². The van der Waals surface area contributed by atoms with Gasteiger partial charge in [0, 0.05) is 50.4 Å². The molecule has 2 saturated heterocycles. The Kier molecular flexibility index (Phi) is 18.6. The van der Waals surface area contributed by atoms with E-state index in [1.807, 2.05) is 94.5 Å². The van der Waals surface area contributed by atoms with Crippen molar-refractivity contribution in [3.63, 3.8) is 0 Å². The van der Waals surface area contributed by atoms with Crippen LogP contribution in [0.5, 0.6) is 0 Å². The van der Waals surface area contributed by atoms with Gasteiger partial charge >= 0.3 is 0 Å². The van der Waals surface area contributed by atoms with E-state index < -0.39 is 6.04 Å². The Labute approximate surface area is 429 Å². The van der Waals surface area contributed by atoms with Gasteiger partial charge in [0.2, 0.25) is 17.7 Å². The van der Waals surface area contributed by atoms with Crippen molar-refractivity contribution < 1.29 is 24.0 Å². The number of hydrogen-bond donors (Lipinski definition) is 3. The predicted octanol–water partition coefficient (Wildman–Crippen LogP) is 8.14. The maximum absolute atomic E-state index is 14.9. The van der Waals surface area contributed by atoms with Gasteiger partial charge in [0.15, 0.2) is 0 Å². The molecule has 0 spiro atoms. The highest BCUT2D eigenvalue weighted by atomic mass is 16.2. The second-order valence-corrected chi connectivity index (χ2v) is 21.6. The van der Waals surface area contributed by atoms with Gasteiger partial charge in [0.05, 0.1) is 24.7 Å². The van der Waals surface area contributed by atoms with Gasteiger partial charge in [-0.15, -0.1) is 0 Å². The molecule has 5 amide bonds. The van der Waals surface area contributed by atoms with E-state index in [1.165, 1.54) is 19.3 Å². The van der Waals surface area contributed by atoms with Crippen molar-refractivity contribution in [3.05, 3.63) is 119 Å². The fourth-order valence-electron chi connectivity index (χ4n) is 12.4. The van der Waals surface area contributed by atoms with Crippen LogP contribution in [-0.4, -0.2) is 133 Å². The molecule has 4 fully saturated rings.